The minimum atomic E-state index is -0.366. The lowest BCUT2D eigenvalue weighted by molar-refractivity contribution is 0.376. The third-order valence-electron chi connectivity index (χ3n) is 2.27. The normalized spacial score (nSPS) is 10.3. The number of rotatable bonds is 4. The van der Waals surface area contributed by atoms with E-state index < -0.39 is 0 Å². The third kappa shape index (κ3) is 3.14. The molecule has 0 aliphatic carbocycles. The molecule has 0 N–H and O–H groups in total. The molecule has 0 amide bonds. The Morgan fingerprint density at radius 3 is 2.94 bits per heavy atom. The molecule has 18 heavy (non-hydrogen) atoms. The molecule has 1 aromatic carbocycles. The highest BCUT2D eigenvalue weighted by atomic mass is 79.9. The molecule has 2 aromatic rings. The van der Waals surface area contributed by atoms with E-state index in [0.717, 1.165) is 0 Å². The van der Waals surface area contributed by atoms with Crippen LogP contribution in [0.25, 0.3) is 11.4 Å². The van der Waals surface area contributed by atoms with Crippen LogP contribution >= 0.6 is 15.9 Å². The maximum atomic E-state index is 13.2. The average molecular weight is 310 g/mol. The molecule has 0 fully saturated rings. The van der Waals surface area contributed by atoms with Crippen molar-refractivity contribution in [1.29, 1.82) is 5.26 Å². The lowest BCUT2D eigenvalue weighted by atomic mass is 10.2. The number of benzene rings is 1. The van der Waals surface area contributed by atoms with Crippen molar-refractivity contribution in [2.75, 3.05) is 0 Å². The quantitative estimate of drug-likeness (QED) is 0.811. The smallest absolute Gasteiger partial charge is 0.226 e. The molecule has 6 heteroatoms. The Morgan fingerprint density at radius 2 is 2.22 bits per heavy atom. The number of aromatic nitrogens is 2. The minimum absolute atomic E-state index is 0.349. The van der Waals surface area contributed by atoms with E-state index >= 15 is 0 Å². The van der Waals surface area contributed by atoms with E-state index in [0.29, 0.717) is 41.0 Å². The molecular weight excluding hydrogens is 301 g/mol. The second-order valence-corrected chi connectivity index (χ2v) is 4.60. The number of aryl methyl sites for hydroxylation is 1. The van der Waals surface area contributed by atoms with E-state index in [2.05, 4.69) is 26.1 Å². The number of unbranched alkanes of at least 4 members (excludes halogenated alkanes) is 1. The molecule has 0 spiro atoms. The van der Waals surface area contributed by atoms with E-state index in [9.17, 15) is 4.39 Å². The highest BCUT2D eigenvalue weighted by Gasteiger charge is 2.10. The molecular formula is C12H9BrFN3O. The van der Waals surface area contributed by atoms with Gasteiger partial charge in [0.15, 0.2) is 0 Å². The van der Waals surface area contributed by atoms with Gasteiger partial charge in [0.2, 0.25) is 11.7 Å². The fourth-order valence-electron chi connectivity index (χ4n) is 1.48. The molecule has 0 bridgehead atoms. The highest BCUT2D eigenvalue weighted by molar-refractivity contribution is 9.10. The summed E-state index contributed by atoms with van der Waals surface area (Å²) in [6.45, 7) is 0. The highest BCUT2D eigenvalue weighted by Crippen LogP contribution is 2.22. The summed E-state index contributed by atoms with van der Waals surface area (Å²) in [4.78, 5) is 4.16. The summed E-state index contributed by atoms with van der Waals surface area (Å²) in [5.74, 6) is 0.443. The number of nitriles is 1. The molecule has 0 saturated carbocycles. The van der Waals surface area contributed by atoms with Crippen molar-refractivity contribution >= 4 is 15.9 Å². The van der Waals surface area contributed by atoms with Crippen LogP contribution in [-0.2, 0) is 6.42 Å². The fourth-order valence-corrected chi connectivity index (χ4v) is 1.94. The van der Waals surface area contributed by atoms with Crippen molar-refractivity contribution in [2.24, 2.45) is 0 Å². The van der Waals surface area contributed by atoms with Crippen molar-refractivity contribution in [3.05, 3.63) is 34.4 Å². The van der Waals surface area contributed by atoms with Crippen LogP contribution in [0.4, 0.5) is 4.39 Å². The standard InChI is InChI=1S/C12H9BrFN3O/c13-9-5-8(6-10(14)7-9)12-16-11(18-17-12)3-1-2-4-15/h5-7H,1-3H2. The first-order valence-electron chi connectivity index (χ1n) is 5.35. The average Bonchev–Trinajstić information content (AvgIpc) is 2.77. The third-order valence-corrected chi connectivity index (χ3v) is 2.73. The number of nitrogens with zero attached hydrogens (tertiary/aromatic N) is 3. The van der Waals surface area contributed by atoms with E-state index in [4.69, 9.17) is 9.78 Å². The summed E-state index contributed by atoms with van der Waals surface area (Å²) < 4.78 is 18.9. The van der Waals surface area contributed by atoms with Crippen molar-refractivity contribution in [1.82, 2.24) is 10.1 Å². The SMILES string of the molecule is N#CCCCc1nc(-c2cc(F)cc(Br)c2)no1. The largest absolute Gasteiger partial charge is 0.339 e. The first-order valence-corrected chi connectivity index (χ1v) is 6.14. The molecule has 4 nitrogen and oxygen atoms in total. The van der Waals surface area contributed by atoms with Crippen LogP contribution in [0.3, 0.4) is 0 Å². The second kappa shape index (κ2) is 5.74. The fraction of sp³-hybridized carbons (Fsp3) is 0.250. The van der Waals surface area contributed by atoms with E-state index in [1.54, 1.807) is 6.07 Å². The van der Waals surface area contributed by atoms with Gasteiger partial charge in [0.1, 0.15) is 5.82 Å². The predicted molar refractivity (Wildman–Crippen MR) is 65.9 cm³/mol. The van der Waals surface area contributed by atoms with Crippen LogP contribution in [0.15, 0.2) is 27.2 Å². The van der Waals surface area contributed by atoms with Crippen molar-refractivity contribution in [2.45, 2.75) is 19.3 Å². The van der Waals surface area contributed by atoms with Gasteiger partial charge in [-0.25, -0.2) is 4.39 Å². The van der Waals surface area contributed by atoms with Crippen molar-refractivity contribution < 1.29 is 8.91 Å². The van der Waals surface area contributed by atoms with Crippen molar-refractivity contribution in [3.8, 4) is 17.5 Å². The van der Waals surface area contributed by atoms with Gasteiger partial charge in [-0.05, 0) is 24.6 Å². The van der Waals surface area contributed by atoms with Gasteiger partial charge in [-0.2, -0.15) is 10.2 Å². The maximum absolute atomic E-state index is 13.2. The van der Waals surface area contributed by atoms with Crippen LogP contribution in [-0.4, -0.2) is 10.1 Å². The Balaban J connectivity index is 2.16. The molecule has 0 aliphatic heterocycles. The zero-order chi connectivity index (χ0) is 13.0. The Bertz CT molecular complexity index is 571. The molecule has 92 valence electrons. The summed E-state index contributed by atoms with van der Waals surface area (Å²) in [5.41, 5.74) is 0.553. The van der Waals surface area contributed by atoms with Gasteiger partial charge in [-0.1, -0.05) is 21.1 Å². The first kappa shape index (κ1) is 12.7. The summed E-state index contributed by atoms with van der Waals surface area (Å²) in [5, 5.41) is 12.2. The van der Waals surface area contributed by atoms with Crippen LogP contribution in [0.1, 0.15) is 18.7 Å². The lowest BCUT2D eigenvalue weighted by Gasteiger charge is -1.96. The van der Waals surface area contributed by atoms with Gasteiger partial charge in [-0.15, -0.1) is 0 Å². The van der Waals surface area contributed by atoms with Crippen LogP contribution in [0.2, 0.25) is 0 Å². The van der Waals surface area contributed by atoms with Gasteiger partial charge >= 0.3 is 0 Å². The second-order valence-electron chi connectivity index (χ2n) is 3.68. The van der Waals surface area contributed by atoms with Crippen molar-refractivity contribution in [3.63, 3.8) is 0 Å². The molecule has 2 rings (SSSR count). The summed E-state index contributed by atoms with van der Waals surface area (Å²) in [6, 6.07) is 6.46. The van der Waals surface area contributed by atoms with Crippen LogP contribution in [0, 0.1) is 17.1 Å². The molecule has 0 radical (unpaired) electrons. The van der Waals surface area contributed by atoms with Gasteiger partial charge in [0.05, 0.1) is 6.07 Å². The van der Waals surface area contributed by atoms with E-state index in [-0.39, 0.29) is 5.82 Å². The number of halogens is 2. The first-order chi connectivity index (χ1) is 8.69. The summed E-state index contributed by atoms with van der Waals surface area (Å²) in [7, 11) is 0. The van der Waals surface area contributed by atoms with E-state index in [1.165, 1.54) is 12.1 Å². The molecule has 0 unspecified atom stereocenters. The van der Waals surface area contributed by atoms with E-state index in [1.807, 2.05) is 6.07 Å². The molecule has 0 aliphatic rings. The zero-order valence-corrected chi connectivity index (χ0v) is 10.9. The monoisotopic (exact) mass is 309 g/mol. The molecule has 1 heterocycles. The number of hydrogen-bond donors (Lipinski definition) is 0. The topological polar surface area (TPSA) is 62.7 Å². The van der Waals surface area contributed by atoms with Gasteiger partial charge in [-0.3, -0.25) is 0 Å². The molecule has 0 atom stereocenters. The van der Waals surface area contributed by atoms with Gasteiger partial charge < -0.3 is 4.52 Å². The van der Waals surface area contributed by atoms with Crippen LogP contribution < -0.4 is 0 Å². The Labute approximate surface area is 112 Å². The molecule has 0 saturated heterocycles. The molecule has 1 aromatic heterocycles. The Kier molecular flexibility index (Phi) is 4.05. The number of hydrogen-bond acceptors (Lipinski definition) is 4. The summed E-state index contributed by atoms with van der Waals surface area (Å²) in [6.07, 6.45) is 1.67. The predicted octanol–water partition coefficient (Wildman–Crippen LogP) is 3.48. The lowest BCUT2D eigenvalue weighted by Crippen LogP contribution is -1.86. The van der Waals surface area contributed by atoms with Gasteiger partial charge in [0, 0.05) is 22.9 Å². The van der Waals surface area contributed by atoms with Crippen LogP contribution in [0.5, 0.6) is 0 Å². The Morgan fingerprint density at radius 1 is 1.39 bits per heavy atom. The van der Waals surface area contributed by atoms with Gasteiger partial charge in [0.25, 0.3) is 0 Å². The Hall–Kier alpha value is -1.74. The zero-order valence-electron chi connectivity index (χ0n) is 9.36. The minimum Gasteiger partial charge on any atom is -0.339 e. The summed E-state index contributed by atoms with van der Waals surface area (Å²) >= 11 is 3.21. The maximum Gasteiger partial charge on any atom is 0.226 e.